The van der Waals surface area contributed by atoms with E-state index in [0.29, 0.717) is 0 Å². The Bertz CT molecular complexity index is 923. The summed E-state index contributed by atoms with van der Waals surface area (Å²) in [6, 6.07) is 6.70. The molecule has 3 aromatic rings. The molecule has 4 heteroatoms. The topological polar surface area (TPSA) is 34.9 Å². The van der Waals surface area contributed by atoms with Gasteiger partial charge in [-0.2, -0.15) is 0 Å². The zero-order valence-electron chi connectivity index (χ0n) is 13.3. The first kappa shape index (κ1) is 14.6. The highest BCUT2D eigenvalue weighted by molar-refractivity contribution is 7.17. The van der Waals surface area contributed by atoms with Crippen LogP contribution >= 0.6 is 11.3 Å². The number of nitrogens with zero attached hydrogens (tertiary/aromatic N) is 2. The molecule has 2 heterocycles. The largest absolute Gasteiger partial charge is 0.299 e. The van der Waals surface area contributed by atoms with Gasteiger partial charge in [0.1, 0.15) is 4.83 Å². The summed E-state index contributed by atoms with van der Waals surface area (Å²) in [5.74, 6) is 0. The fraction of sp³-hybridized carbons (Fsp3) is 0.368. The van der Waals surface area contributed by atoms with Crippen LogP contribution in [0.3, 0.4) is 0 Å². The first-order valence-corrected chi connectivity index (χ1v) is 9.24. The van der Waals surface area contributed by atoms with Crippen LogP contribution in [-0.4, -0.2) is 9.55 Å². The minimum absolute atomic E-state index is 0.0887. The second-order valence-corrected chi connectivity index (χ2v) is 7.12. The van der Waals surface area contributed by atoms with Crippen molar-refractivity contribution in [3.63, 3.8) is 0 Å². The summed E-state index contributed by atoms with van der Waals surface area (Å²) < 4.78 is 1.73. The van der Waals surface area contributed by atoms with Crippen LogP contribution in [0.5, 0.6) is 0 Å². The van der Waals surface area contributed by atoms with E-state index in [1.54, 1.807) is 22.2 Å². The Balaban J connectivity index is 1.89. The monoisotopic (exact) mass is 324 g/mol. The van der Waals surface area contributed by atoms with E-state index in [2.05, 4.69) is 35.5 Å². The molecule has 2 aromatic heterocycles. The van der Waals surface area contributed by atoms with E-state index >= 15 is 0 Å². The molecule has 0 unspecified atom stereocenters. The van der Waals surface area contributed by atoms with Gasteiger partial charge in [-0.1, -0.05) is 25.1 Å². The highest BCUT2D eigenvalue weighted by Crippen LogP contribution is 2.33. The Kier molecular flexibility index (Phi) is 3.77. The van der Waals surface area contributed by atoms with Gasteiger partial charge >= 0.3 is 0 Å². The maximum absolute atomic E-state index is 12.8. The average Bonchev–Trinajstić information content (AvgIpc) is 3.02. The third kappa shape index (κ3) is 2.51. The minimum Gasteiger partial charge on any atom is -0.299 e. The van der Waals surface area contributed by atoms with E-state index in [4.69, 9.17) is 0 Å². The van der Waals surface area contributed by atoms with E-state index in [0.717, 1.165) is 40.7 Å². The van der Waals surface area contributed by atoms with Crippen LogP contribution in [0.25, 0.3) is 21.3 Å². The summed E-state index contributed by atoms with van der Waals surface area (Å²) in [4.78, 5) is 18.1. The molecule has 3 nitrogen and oxygen atoms in total. The Morgan fingerprint density at radius 2 is 2.04 bits per heavy atom. The number of rotatable bonds is 3. The Morgan fingerprint density at radius 1 is 1.22 bits per heavy atom. The lowest BCUT2D eigenvalue weighted by atomic mass is 9.89. The summed E-state index contributed by atoms with van der Waals surface area (Å²) in [5, 5.41) is 2.86. The minimum atomic E-state index is 0.0887. The van der Waals surface area contributed by atoms with Gasteiger partial charge in [0.25, 0.3) is 5.56 Å². The molecule has 4 rings (SSSR count). The standard InChI is InChI=1S/C19H20N2OS/c1-2-9-21-12-20-18-17(19(21)22)16(11-23-18)15-8-7-13-5-3-4-6-14(13)10-15/h7-8,10-12H,2-6,9H2,1H3. The molecule has 1 aliphatic carbocycles. The highest BCUT2D eigenvalue weighted by atomic mass is 32.1. The van der Waals surface area contributed by atoms with Crippen LogP contribution in [0.2, 0.25) is 0 Å². The molecule has 0 spiro atoms. The van der Waals surface area contributed by atoms with Crippen molar-refractivity contribution >= 4 is 21.6 Å². The molecular weight excluding hydrogens is 304 g/mol. The third-order valence-corrected chi connectivity index (χ3v) is 5.57. The van der Waals surface area contributed by atoms with E-state index in [9.17, 15) is 4.79 Å². The molecule has 0 saturated carbocycles. The second-order valence-electron chi connectivity index (χ2n) is 6.26. The van der Waals surface area contributed by atoms with Crippen LogP contribution in [0.15, 0.2) is 34.7 Å². The summed E-state index contributed by atoms with van der Waals surface area (Å²) in [6.07, 6.45) is 7.52. The molecule has 23 heavy (non-hydrogen) atoms. The SMILES string of the molecule is CCCn1cnc2scc(-c3ccc4c(c3)CCCC4)c2c1=O. The second kappa shape index (κ2) is 5.93. The third-order valence-electron chi connectivity index (χ3n) is 4.68. The number of aromatic nitrogens is 2. The lowest BCUT2D eigenvalue weighted by molar-refractivity contribution is 0.648. The smallest absolute Gasteiger partial charge is 0.262 e. The maximum Gasteiger partial charge on any atom is 0.262 e. The summed E-state index contributed by atoms with van der Waals surface area (Å²) in [6.45, 7) is 2.80. The quantitative estimate of drug-likeness (QED) is 0.715. The van der Waals surface area contributed by atoms with Gasteiger partial charge in [0.05, 0.1) is 11.7 Å². The van der Waals surface area contributed by atoms with Gasteiger partial charge in [0.15, 0.2) is 0 Å². The van der Waals surface area contributed by atoms with Crippen molar-refractivity contribution in [2.75, 3.05) is 0 Å². The fourth-order valence-electron chi connectivity index (χ4n) is 3.48. The van der Waals surface area contributed by atoms with Crippen LogP contribution in [0.1, 0.15) is 37.3 Å². The van der Waals surface area contributed by atoms with Crippen molar-refractivity contribution in [1.29, 1.82) is 0 Å². The van der Waals surface area contributed by atoms with Crippen LogP contribution in [0, 0.1) is 0 Å². The normalized spacial score (nSPS) is 14.1. The maximum atomic E-state index is 12.8. The number of benzene rings is 1. The van der Waals surface area contributed by atoms with E-state index < -0.39 is 0 Å². The molecular formula is C19H20N2OS. The highest BCUT2D eigenvalue weighted by Gasteiger charge is 2.15. The molecule has 0 N–H and O–H groups in total. The number of hydrogen-bond acceptors (Lipinski definition) is 3. The molecule has 0 atom stereocenters. The lowest BCUT2D eigenvalue weighted by Crippen LogP contribution is -2.20. The predicted octanol–water partition coefficient (Wildman–Crippen LogP) is 4.41. The van der Waals surface area contributed by atoms with Gasteiger partial charge in [0, 0.05) is 17.5 Å². The first-order chi connectivity index (χ1) is 11.3. The summed E-state index contributed by atoms with van der Waals surface area (Å²) >= 11 is 1.56. The Labute approximate surface area is 139 Å². The number of thiophene rings is 1. The van der Waals surface area contributed by atoms with Crippen molar-refractivity contribution in [1.82, 2.24) is 9.55 Å². The average molecular weight is 324 g/mol. The fourth-order valence-corrected chi connectivity index (χ4v) is 4.39. The zero-order valence-corrected chi connectivity index (χ0v) is 14.2. The molecule has 0 amide bonds. The van der Waals surface area contributed by atoms with Crippen LogP contribution in [-0.2, 0) is 19.4 Å². The van der Waals surface area contributed by atoms with Crippen molar-refractivity contribution in [3.05, 3.63) is 51.4 Å². The molecule has 118 valence electrons. The lowest BCUT2D eigenvalue weighted by Gasteiger charge is -2.16. The van der Waals surface area contributed by atoms with Crippen molar-refractivity contribution in [2.24, 2.45) is 0 Å². The summed E-state index contributed by atoms with van der Waals surface area (Å²) in [5.41, 5.74) is 5.21. The predicted molar refractivity (Wildman–Crippen MR) is 96.2 cm³/mol. The van der Waals surface area contributed by atoms with Crippen LogP contribution < -0.4 is 5.56 Å². The van der Waals surface area contributed by atoms with Gasteiger partial charge in [-0.3, -0.25) is 9.36 Å². The number of hydrogen-bond donors (Lipinski definition) is 0. The summed E-state index contributed by atoms with van der Waals surface area (Å²) in [7, 11) is 0. The van der Waals surface area contributed by atoms with Crippen molar-refractivity contribution in [3.8, 4) is 11.1 Å². The van der Waals surface area contributed by atoms with Crippen molar-refractivity contribution in [2.45, 2.75) is 45.6 Å². The molecule has 0 bridgehead atoms. The Morgan fingerprint density at radius 3 is 2.87 bits per heavy atom. The van der Waals surface area contributed by atoms with Gasteiger partial charge in [0.2, 0.25) is 0 Å². The zero-order chi connectivity index (χ0) is 15.8. The van der Waals surface area contributed by atoms with Crippen molar-refractivity contribution < 1.29 is 0 Å². The van der Waals surface area contributed by atoms with E-state index in [1.165, 1.54) is 30.4 Å². The Hall–Kier alpha value is -1.94. The molecule has 0 fully saturated rings. The number of fused-ring (bicyclic) bond motifs is 2. The van der Waals surface area contributed by atoms with Gasteiger partial charge < -0.3 is 0 Å². The van der Waals surface area contributed by atoms with E-state index in [-0.39, 0.29) is 5.56 Å². The first-order valence-electron chi connectivity index (χ1n) is 8.36. The molecule has 1 aliphatic rings. The molecule has 0 radical (unpaired) electrons. The van der Waals surface area contributed by atoms with Gasteiger partial charge in [-0.05, 0) is 48.8 Å². The molecule has 1 aromatic carbocycles. The number of aryl methyl sites for hydroxylation is 3. The van der Waals surface area contributed by atoms with E-state index in [1.807, 2.05) is 0 Å². The molecule has 0 aliphatic heterocycles. The molecule has 0 saturated heterocycles. The van der Waals surface area contributed by atoms with Gasteiger partial charge in [-0.25, -0.2) is 4.98 Å². The van der Waals surface area contributed by atoms with Gasteiger partial charge in [-0.15, -0.1) is 11.3 Å². The van der Waals surface area contributed by atoms with Crippen LogP contribution in [0.4, 0.5) is 0 Å².